The van der Waals surface area contributed by atoms with Crippen LogP contribution >= 0.6 is 0 Å². The number of esters is 1. The average molecular weight is 252 g/mol. The maximum Gasteiger partial charge on any atom is 0.338 e. The van der Waals surface area contributed by atoms with Crippen LogP contribution in [0.3, 0.4) is 0 Å². The molecule has 4 heteroatoms. The van der Waals surface area contributed by atoms with Gasteiger partial charge in [-0.25, -0.2) is 4.79 Å². The van der Waals surface area contributed by atoms with Gasteiger partial charge >= 0.3 is 5.97 Å². The summed E-state index contributed by atoms with van der Waals surface area (Å²) < 4.78 is 15.7. The Bertz CT molecular complexity index is 387. The van der Waals surface area contributed by atoms with Gasteiger partial charge in [0, 0.05) is 0 Å². The van der Waals surface area contributed by atoms with Crippen molar-refractivity contribution in [1.82, 2.24) is 0 Å². The molecule has 0 aliphatic rings. The van der Waals surface area contributed by atoms with E-state index in [-0.39, 0.29) is 5.97 Å². The highest BCUT2D eigenvalue weighted by molar-refractivity contribution is 5.90. The summed E-state index contributed by atoms with van der Waals surface area (Å²) in [6, 6.07) is 5.06. The van der Waals surface area contributed by atoms with Crippen molar-refractivity contribution in [3.63, 3.8) is 0 Å². The van der Waals surface area contributed by atoms with Crippen molar-refractivity contribution < 1.29 is 19.0 Å². The maximum absolute atomic E-state index is 11.6. The summed E-state index contributed by atoms with van der Waals surface area (Å²) in [6.45, 7) is 4.88. The van der Waals surface area contributed by atoms with Gasteiger partial charge in [0.15, 0.2) is 11.5 Å². The van der Waals surface area contributed by atoms with Crippen LogP contribution < -0.4 is 9.47 Å². The van der Waals surface area contributed by atoms with E-state index in [1.165, 1.54) is 0 Å². The standard InChI is InChI=1S/C14H20O4/c1-4-6-9-18-12-8-7-11(10-13(12)16-3)14(15)17-5-2/h7-8,10H,4-6,9H2,1-3H3. The summed E-state index contributed by atoms with van der Waals surface area (Å²) in [5.41, 5.74) is 0.469. The molecule has 0 radical (unpaired) electrons. The summed E-state index contributed by atoms with van der Waals surface area (Å²) in [4.78, 5) is 11.6. The minimum Gasteiger partial charge on any atom is -0.493 e. The molecule has 0 bridgehead atoms. The molecule has 0 heterocycles. The van der Waals surface area contributed by atoms with E-state index in [4.69, 9.17) is 14.2 Å². The molecule has 0 N–H and O–H groups in total. The second-order valence-corrected chi connectivity index (χ2v) is 3.79. The summed E-state index contributed by atoms with van der Waals surface area (Å²) >= 11 is 0. The Kier molecular flexibility index (Phi) is 6.05. The second-order valence-electron chi connectivity index (χ2n) is 3.79. The molecular formula is C14H20O4. The van der Waals surface area contributed by atoms with Crippen LogP contribution in [0.15, 0.2) is 18.2 Å². The molecule has 4 nitrogen and oxygen atoms in total. The van der Waals surface area contributed by atoms with Gasteiger partial charge in [-0.05, 0) is 31.5 Å². The molecule has 0 aliphatic heterocycles. The van der Waals surface area contributed by atoms with Crippen LogP contribution in [0.4, 0.5) is 0 Å². The third kappa shape index (κ3) is 3.95. The number of hydrogen-bond acceptors (Lipinski definition) is 4. The molecule has 0 amide bonds. The van der Waals surface area contributed by atoms with Gasteiger partial charge in [-0.15, -0.1) is 0 Å². The van der Waals surface area contributed by atoms with Gasteiger partial charge in [-0.1, -0.05) is 13.3 Å². The topological polar surface area (TPSA) is 44.8 Å². The molecule has 0 atom stereocenters. The van der Waals surface area contributed by atoms with Crippen LogP contribution in [0.2, 0.25) is 0 Å². The van der Waals surface area contributed by atoms with Gasteiger partial charge in [0.2, 0.25) is 0 Å². The first-order valence-corrected chi connectivity index (χ1v) is 6.20. The third-order valence-electron chi connectivity index (χ3n) is 2.43. The Morgan fingerprint density at radius 1 is 1.22 bits per heavy atom. The van der Waals surface area contributed by atoms with Crippen LogP contribution in [0.25, 0.3) is 0 Å². The van der Waals surface area contributed by atoms with E-state index in [0.717, 1.165) is 12.8 Å². The van der Waals surface area contributed by atoms with Crippen molar-refractivity contribution in [2.45, 2.75) is 26.7 Å². The highest BCUT2D eigenvalue weighted by atomic mass is 16.5. The van der Waals surface area contributed by atoms with E-state index in [1.807, 2.05) is 0 Å². The zero-order chi connectivity index (χ0) is 13.4. The van der Waals surface area contributed by atoms with Crippen LogP contribution in [0.1, 0.15) is 37.0 Å². The monoisotopic (exact) mass is 252 g/mol. The van der Waals surface area contributed by atoms with Gasteiger partial charge < -0.3 is 14.2 Å². The van der Waals surface area contributed by atoms with E-state index >= 15 is 0 Å². The molecule has 0 saturated carbocycles. The normalized spacial score (nSPS) is 9.94. The van der Waals surface area contributed by atoms with Crippen molar-refractivity contribution in [3.8, 4) is 11.5 Å². The van der Waals surface area contributed by atoms with Gasteiger partial charge in [0.25, 0.3) is 0 Å². The molecule has 0 fully saturated rings. The largest absolute Gasteiger partial charge is 0.493 e. The fraction of sp³-hybridized carbons (Fsp3) is 0.500. The molecule has 18 heavy (non-hydrogen) atoms. The van der Waals surface area contributed by atoms with E-state index in [9.17, 15) is 4.79 Å². The number of carbonyl (C=O) groups is 1. The predicted octanol–water partition coefficient (Wildman–Crippen LogP) is 3.05. The molecule has 0 spiro atoms. The lowest BCUT2D eigenvalue weighted by Crippen LogP contribution is -2.06. The lowest BCUT2D eigenvalue weighted by atomic mass is 10.2. The first-order chi connectivity index (χ1) is 8.72. The van der Waals surface area contributed by atoms with E-state index < -0.39 is 0 Å². The van der Waals surface area contributed by atoms with Crippen molar-refractivity contribution in [1.29, 1.82) is 0 Å². The zero-order valence-electron chi connectivity index (χ0n) is 11.2. The van der Waals surface area contributed by atoms with Crippen LogP contribution in [-0.2, 0) is 4.74 Å². The summed E-state index contributed by atoms with van der Waals surface area (Å²) in [6.07, 6.45) is 2.06. The van der Waals surface area contributed by atoms with Gasteiger partial charge in [-0.2, -0.15) is 0 Å². The molecular weight excluding hydrogens is 232 g/mol. The highest BCUT2D eigenvalue weighted by Gasteiger charge is 2.11. The Balaban J connectivity index is 2.79. The lowest BCUT2D eigenvalue weighted by molar-refractivity contribution is 0.0526. The van der Waals surface area contributed by atoms with E-state index in [1.54, 1.807) is 32.2 Å². The minimum absolute atomic E-state index is 0.351. The Labute approximate surface area is 108 Å². The Hall–Kier alpha value is -1.71. The van der Waals surface area contributed by atoms with Gasteiger partial charge in [-0.3, -0.25) is 0 Å². The molecule has 0 saturated heterocycles. The molecule has 1 aromatic rings. The van der Waals surface area contributed by atoms with Crippen LogP contribution in [0, 0.1) is 0 Å². The SMILES string of the molecule is CCCCOc1ccc(C(=O)OCC)cc1OC. The number of carbonyl (C=O) groups excluding carboxylic acids is 1. The fourth-order valence-electron chi connectivity index (χ4n) is 1.45. The maximum atomic E-state index is 11.6. The molecule has 0 aromatic heterocycles. The lowest BCUT2D eigenvalue weighted by Gasteiger charge is -2.11. The molecule has 100 valence electrons. The number of hydrogen-bond donors (Lipinski definition) is 0. The van der Waals surface area contributed by atoms with Crippen molar-refractivity contribution in [3.05, 3.63) is 23.8 Å². The average Bonchev–Trinajstić information content (AvgIpc) is 2.39. The van der Waals surface area contributed by atoms with Gasteiger partial charge in [0.1, 0.15) is 0 Å². The third-order valence-corrected chi connectivity index (χ3v) is 2.43. The minimum atomic E-state index is -0.351. The van der Waals surface area contributed by atoms with Crippen molar-refractivity contribution >= 4 is 5.97 Å². The van der Waals surface area contributed by atoms with E-state index in [2.05, 4.69) is 6.92 Å². The Morgan fingerprint density at radius 2 is 2.00 bits per heavy atom. The van der Waals surface area contributed by atoms with Crippen LogP contribution in [-0.4, -0.2) is 26.3 Å². The highest BCUT2D eigenvalue weighted by Crippen LogP contribution is 2.28. The summed E-state index contributed by atoms with van der Waals surface area (Å²) in [5, 5.41) is 0. The van der Waals surface area contributed by atoms with Crippen molar-refractivity contribution in [2.75, 3.05) is 20.3 Å². The smallest absolute Gasteiger partial charge is 0.338 e. The number of ether oxygens (including phenoxy) is 3. The number of unbranched alkanes of at least 4 members (excludes halogenated alkanes) is 1. The molecule has 1 aromatic carbocycles. The Morgan fingerprint density at radius 3 is 2.61 bits per heavy atom. The summed E-state index contributed by atoms with van der Waals surface area (Å²) in [5.74, 6) is 0.853. The first kappa shape index (κ1) is 14.4. The number of rotatable bonds is 7. The zero-order valence-corrected chi connectivity index (χ0v) is 11.2. The molecule has 0 aliphatic carbocycles. The van der Waals surface area contributed by atoms with Crippen molar-refractivity contribution in [2.24, 2.45) is 0 Å². The quantitative estimate of drug-likeness (QED) is 0.552. The molecule has 1 rings (SSSR count). The second kappa shape index (κ2) is 7.58. The molecule has 0 unspecified atom stereocenters. The van der Waals surface area contributed by atoms with Gasteiger partial charge in [0.05, 0.1) is 25.9 Å². The number of methoxy groups -OCH3 is 1. The van der Waals surface area contributed by atoms with Crippen LogP contribution in [0.5, 0.6) is 11.5 Å². The fourth-order valence-corrected chi connectivity index (χ4v) is 1.45. The summed E-state index contributed by atoms with van der Waals surface area (Å²) in [7, 11) is 1.55. The van der Waals surface area contributed by atoms with E-state index in [0.29, 0.717) is 30.3 Å². The number of benzene rings is 1. The predicted molar refractivity (Wildman–Crippen MR) is 69.4 cm³/mol. The first-order valence-electron chi connectivity index (χ1n) is 6.20.